The molecule has 1 amide bonds. The standard InChI is InChI=1S/C19H20N4O2S/c1-14-16(7-10-26-14)19(24)23-8-9-25-12-17(23)18-20-13-22(21-18)11-15-5-3-2-4-6-15/h2-7,10,13,17H,8-9,11-12H2,1H3/t17-/m0/s1. The van der Waals surface area contributed by atoms with E-state index in [4.69, 9.17) is 4.74 Å². The van der Waals surface area contributed by atoms with Gasteiger partial charge in [0, 0.05) is 11.4 Å². The Morgan fingerprint density at radius 2 is 2.15 bits per heavy atom. The quantitative estimate of drug-likeness (QED) is 0.710. The van der Waals surface area contributed by atoms with Gasteiger partial charge in [0.25, 0.3) is 5.91 Å². The molecule has 0 saturated carbocycles. The van der Waals surface area contributed by atoms with Crippen molar-refractivity contribution in [2.45, 2.75) is 19.5 Å². The summed E-state index contributed by atoms with van der Waals surface area (Å²) in [5.41, 5.74) is 1.91. The van der Waals surface area contributed by atoms with Crippen LogP contribution in [-0.4, -0.2) is 45.3 Å². The number of amides is 1. The van der Waals surface area contributed by atoms with Crippen LogP contribution in [0, 0.1) is 6.92 Å². The van der Waals surface area contributed by atoms with Crippen molar-refractivity contribution < 1.29 is 9.53 Å². The Kier molecular flexibility index (Phi) is 4.81. The molecule has 0 radical (unpaired) electrons. The van der Waals surface area contributed by atoms with Gasteiger partial charge < -0.3 is 9.64 Å². The Balaban J connectivity index is 1.55. The van der Waals surface area contributed by atoms with E-state index in [-0.39, 0.29) is 11.9 Å². The van der Waals surface area contributed by atoms with Crippen molar-refractivity contribution in [3.63, 3.8) is 0 Å². The number of carbonyl (C=O) groups excluding carboxylic acids is 1. The fourth-order valence-corrected chi connectivity index (χ4v) is 3.82. The van der Waals surface area contributed by atoms with Gasteiger partial charge in [0.1, 0.15) is 12.4 Å². The summed E-state index contributed by atoms with van der Waals surface area (Å²) in [4.78, 5) is 20.3. The fraction of sp³-hybridized carbons (Fsp3) is 0.316. The molecule has 26 heavy (non-hydrogen) atoms. The number of benzene rings is 1. The van der Waals surface area contributed by atoms with Gasteiger partial charge in [-0.15, -0.1) is 11.3 Å². The summed E-state index contributed by atoms with van der Waals surface area (Å²) in [6.07, 6.45) is 1.72. The first-order valence-electron chi connectivity index (χ1n) is 8.58. The van der Waals surface area contributed by atoms with Crippen molar-refractivity contribution in [3.8, 4) is 0 Å². The summed E-state index contributed by atoms with van der Waals surface area (Å²) >= 11 is 1.59. The molecule has 1 atom stereocenters. The van der Waals surface area contributed by atoms with Crippen LogP contribution >= 0.6 is 11.3 Å². The molecule has 1 aliphatic heterocycles. The summed E-state index contributed by atoms with van der Waals surface area (Å²) in [5, 5.41) is 6.55. The van der Waals surface area contributed by atoms with E-state index in [1.54, 1.807) is 22.3 Å². The van der Waals surface area contributed by atoms with Crippen LogP contribution in [0.4, 0.5) is 0 Å². The van der Waals surface area contributed by atoms with Gasteiger partial charge in [0.2, 0.25) is 0 Å². The van der Waals surface area contributed by atoms with Gasteiger partial charge in [0.15, 0.2) is 5.82 Å². The molecule has 2 aromatic heterocycles. The Bertz CT molecular complexity index is 890. The molecule has 0 bridgehead atoms. The molecule has 1 fully saturated rings. The maximum Gasteiger partial charge on any atom is 0.255 e. The van der Waals surface area contributed by atoms with Crippen molar-refractivity contribution in [2.24, 2.45) is 0 Å². The minimum Gasteiger partial charge on any atom is -0.377 e. The molecule has 0 N–H and O–H groups in total. The van der Waals surface area contributed by atoms with Gasteiger partial charge in [-0.1, -0.05) is 30.3 Å². The number of rotatable bonds is 4. The van der Waals surface area contributed by atoms with Crippen molar-refractivity contribution in [3.05, 3.63) is 69.9 Å². The maximum absolute atomic E-state index is 13.0. The van der Waals surface area contributed by atoms with E-state index in [1.807, 2.05) is 41.5 Å². The number of hydrogen-bond acceptors (Lipinski definition) is 5. The van der Waals surface area contributed by atoms with Crippen molar-refractivity contribution in [1.29, 1.82) is 0 Å². The van der Waals surface area contributed by atoms with Gasteiger partial charge >= 0.3 is 0 Å². The molecule has 6 nitrogen and oxygen atoms in total. The molecule has 1 saturated heterocycles. The SMILES string of the molecule is Cc1sccc1C(=O)N1CCOC[C@H]1c1ncn(Cc2ccccc2)n1. The molecule has 1 aromatic carbocycles. The Morgan fingerprint density at radius 1 is 1.31 bits per heavy atom. The lowest BCUT2D eigenvalue weighted by molar-refractivity contribution is -0.00525. The second kappa shape index (κ2) is 7.39. The minimum absolute atomic E-state index is 0.0245. The number of aromatic nitrogens is 3. The molecule has 4 rings (SSSR count). The number of ether oxygens (including phenoxy) is 1. The molecule has 0 spiro atoms. The van der Waals surface area contributed by atoms with Gasteiger partial charge in [-0.2, -0.15) is 5.10 Å². The third-order valence-electron chi connectivity index (χ3n) is 4.52. The summed E-state index contributed by atoms with van der Waals surface area (Å²) in [5.74, 6) is 0.651. The van der Waals surface area contributed by atoms with E-state index in [0.29, 0.717) is 32.1 Å². The van der Waals surface area contributed by atoms with E-state index in [2.05, 4.69) is 22.2 Å². The first kappa shape index (κ1) is 16.9. The highest BCUT2D eigenvalue weighted by molar-refractivity contribution is 7.10. The Hall–Kier alpha value is -2.51. The molecular formula is C19H20N4O2S. The normalized spacial score (nSPS) is 17.4. The van der Waals surface area contributed by atoms with Crippen LogP contribution in [0.3, 0.4) is 0 Å². The first-order chi connectivity index (χ1) is 12.7. The van der Waals surface area contributed by atoms with Crippen LogP contribution < -0.4 is 0 Å². The van der Waals surface area contributed by atoms with Crippen LogP contribution in [0.25, 0.3) is 0 Å². The lowest BCUT2D eigenvalue weighted by Gasteiger charge is -2.34. The third kappa shape index (κ3) is 3.40. The molecule has 1 aliphatic rings. The lowest BCUT2D eigenvalue weighted by atomic mass is 10.1. The van der Waals surface area contributed by atoms with Crippen molar-refractivity contribution in [1.82, 2.24) is 19.7 Å². The number of aryl methyl sites for hydroxylation is 1. The largest absolute Gasteiger partial charge is 0.377 e. The topological polar surface area (TPSA) is 60.3 Å². The molecule has 134 valence electrons. The van der Waals surface area contributed by atoms with Crippen molar-refractivity contribution >= 4 is 17.2 Å². The van der Waals surface area contributed by atoms with Gasteiger partial charge in [-0.25, -0.2) is 9.67 Å². The molecule has 7 heteroatoms. The summed E-state index contributed by atoms with van der Waals surface area (Å²) in [6, 6.07) is 11.7. The van der Waals surface area contributed by atoms with E-state index in [0.717, 1.165) is 16.0 Å². The Labute approximate surface area is 156 Å². The van der Waals surface area contributed by atoms with Gasteiger partial charge in [0.05, 0.1) is 25.3 Å². The second-order valence-electron chi connectivity index (χ2n) is 6.27. The third-order valence-corrected chi connectivity index (χ3v) is 5.36. The maximum atomic E-state index is 13.0. The lowest BCUT2D eigenvalue weighted by Crippen LogP contribution is -2.44. The average Bonchev–Trinajstić information content (AvgIpc) is 3.31. The molecule has 0 unspecified atom stereocenters. The molecule has 3 aromatic rings. The number of thiophene rings is 1. The molecule has 3 heterocycles. The minimum atomic E-state index is -0.257. The van der Waals surface area contributed by atoms with Crippen LogP contribution in [0.5, 0.6) is 0 Å². The molecule has 0 aliphatic carbocycles. The van der Waals surface area contributed by atoms with Crippen LogP contribution in [-0.2, 0) is 11.3 Å². The zero-order valence-corrected chi connectivity index (χ0v) is 15.4. The summed E-state index contributed by atoms with van der Waals surface area (Å²) < 4.78 is 7.41. The predicted octanol–water partition coefficient (Wildman–Crippen LogP) is 2.91. The van der Waals surface area contributed by atoms with E-state index in [9.17, 15) is 4.79 Å². The Morgan fingerprint density at radius 3 is 2.92 bits per heavy atom. The highest BCUT2D eigenvalue weighted by Gasteiger charge is 2.32. The fourth-order valence-electron chi connectivity index (χ4n) is 3.13. The highest BCUT2D eigenvalue weighted by atomic mass is 32.1. The predicted molar refractivity (Wildman–Crippen MR) is 99.2 cm³/mol. The molecular weight excluding hydrogens is 348 g/mol. The van der Waals surface area contributed by atoms with Crippen LogP contribution in [0.1, 0.15) is 32.7 Å². The number of nitrogens with zero attached hydrogens (tertiary/aromatic N) is 4. The number of hydrogen-bond donors (Lipinski definition) is 0. The first-order valence-corrected chi connectivity index (χ1v) is 9.46. The average molecular weight is 368 g/mol. The summed E-state index contributed by atoms with van der Waals surface area (Å²) in [7, 11) is 0. The smallest absolute Gasteiger partial charge is 0.255 e. The monoisotopic (exact) mass is 368 g/mol. The van der Waals surface area contributed by atoms with E-state index >= 15 is 0 Å². The summed E-state index contributed by atoms with van der Waals surface area (Å²) in [6.45, 7) is 4.13. The number of morpholine rings is 1. The van der Waals surface area contributed by atoms with Gasteiger partial charge in [-0.3, -0.25) is 4.79 Å². The second-order valence-corrected chi connectivity index (χ2v) is 7.39. The van der Waals surface area contributed by atoms with E-state index < -0.39 is 0 Å². The zero-order chi connectivity index (χ0) is 17.9. The highest BCUT2D eigenvalue weighted by Crippen LogP contribution is 2.26. The number of carbonyl (C=O) groups is 1. The van der Waals surface area contributed by atoms with Crippen molar-refractivity contribution in [2.75, 3.05) is 19.8 Å². The van der Waals surface area contributed by atoms with Crippen LogP contribution in [0.15, 0.2) is 48.1 Å². The van der Waals surface area contributed by atoms with Crippen LogP contribution in [0.2, 0.25) is 0 Å². The van der Waals surface area contributed by atoms with E-state index in [1.165, 1.54) is 0 Å². The zero-order valence-electron chi connectivity index (χ0n) is 14.5. The van der Waals surface area contributed by atoms with Gasteiger partial charge in [-0.05, 0) is 23.9 Å².